The summed E-state index contributed by atoms with van der Waals surface area (Å²) in [6, 6.07) is 5.34. The van der Waals surface area contributed by atoms with Crippen LogP contribution in [0.1, 0.15) is 25.3 Å². The Morgan fingerprint density at radius 1 is 1.27 bits per heavy atom. The van der Waals surface area contributed by atoms with Gasteiger partial charge in [0.05, 0.1) is 25.7 Å². The van der Waals surface area contributed by atoms with E-state index in [4.69, 9.17) is 26.4 Å². The predicted octanol–water partition coefficient (Wildman–Crippen LogP) is 3.25. The van der Waals surface area contributed by atoms with E-state index in [1.807, 2.05) is 13.0 Å². The molecule has 1 aliphatic heterocycles. The molecule has 2 rings (SSSR count). The molecule has 0 radical (unpaired) electrons. The second-order valence-corrected chi connectivity index (χ2v) is 7.13. The molecule has 0 N–H and O–H groups in total. The van der Waals surface area contributed by atoms with Crippen molar-refractivity contribution in [1.82, 2.24) is 4.90 Å². The van der Waals surface area contributed by atoms with Gasteiger partial charge in [-0.3, -0.25) is 14.5 Å². The van der Waals surface area contributed by atoms with Crippen LogP contribution in [0.2, 0.25) is 0 Å². The number of methoxy groups -OCH3 is 2. The largest absolute Gasteiger partial charge is 0.493 e. The average Bonchev–Trinajstić information content (AvgIpc) is 2.89. The smallest absolute Gasteiger partial charge is 0.326 e. The van der Waals surface area contributed by atoms with Crippen LogP contribution in [0.3, 0.4) is 0 Å². The fraction of sp³-hybridized carbons (Fsp3) is 0.389. The minimum Gasteiger partial charge on any atom is -0.493 e. The molecule has 0 aliphatic carbocycles. The minimum atomic E-state index is -0.456. The van der Waals surface area contributed by atoms with Gasteiger partial charge in [-0.2, -0.15) is 0 Å². The molecule has 1 amide bonds. The van der Waals surface area contributed by atoms with E-state index in [0.717, 1.165) is 30.2 Å². The summed E-state index contributed by atoms with van der Waals surface area (Å²) in [6.45, 7) is 2.19. The van der Waals surface area contributed by atoms with Gasteiger partial charge in [-0.25, -0.2) is 0 Å². The number of hydrogen-bond donors (Lipinski definition) is 0. The molecule has 0 atom stereocenters. The molecule has 0 saturated carbocycles. The van der Waals surface area contributed by atoms with E-state index in [2.05, 4.69) is 0 Å². The SMILES string of the molecule is CCCCOC(=O)CN1C(=O)/C(=C/c2ccc(OC)c(OC)c2)SC1=S. The number of rotatable bonds is 8. The van der Waals surface area contributed by atoms with Crippen molar-refractivity contribution in [2.45, 2.75) is 19.8 Å². The van der Waals surface area contributed by atoms with Gasteiger partial charge in [-0.15, -0.1) is 0 Å². The van der Waals surface area contributed by atoms with Crippen molar-refractivity contribution in [2.75, 3.05) is 27.4 Å². The quantitative estimate of drug-likeness (QED) is 0.290. The second kappa shape index (κ2) is 9.59. The molecular weight excluding hydrogens is 374 g/mol. The highest BCUT2D eigenvalue weighted by atomic mass is 32.2. The number of hydrogen-bond acceptors (Lipinski definition) is 7. The number of nitrogens with zero attached hydrogens (tertiary/aromatic N) is 1. The van der Waals surface area contributed by atoms with Crippen molar-refractivity contribution in [3.05, 3.63) is 28.7 Å². The van der Waals surface area contributed by atoms with Gasteiger partial charge in [0.25, 0.3) is 5.91 Å². The van der Waals surface area contributed by atoms with Crippen LogP contribution in [0.4, 0.5) is 0 Å². The molecule has 0 unspecified atom stereocenters. The molecule has 8 heteroatoms. The lowest BCUT2D eigenvalue weighted by atomic mass is 10.2. The molecule has 1 heterocycles. The molecule has 1 aromatic rings. The predicted molar refractivity (Wildman–Crippen MR) is 105 cm³/mol. The Morgan fingerprint density at radius 2 is 2.00 bits per heavy atom. The van der Waals surface area contributed by atoms with E-state index < -0.39 is 5.97 Å². The molecule has 1 fully saturated rings. The van der Waals surface area contributed by atoms with E-state index in [0.29, 0.717) is 27.3 Å². The minimum absolute atomic E-state index is 0.169. The van der Waals surface area contributed by atoms with Gasteiger partial charge in [0, 0.05) is 0 Å². The first-order valence-electron chi connectivity index (χ1n) is 8.13. The van der Waals surface area contributed by atoms with Gasteiger partial charge in [0.1, 0.15) is 10.9 Å². The molecule has 1 saturated heterocycles. The molecule has 0 bridgehead atoms. The van der Waals surface area contributed by atoms with Gasteiger partial charge >= 0.3 is 5.97 Å². The van der Waals surface area contributed by atoms with E-state index in [-0.39, 0.29) is 12.5 Å². The number of amides is 1. The first-order valence-corrected chi connectivity index (χ1v) is 9.35. The third-order valence-corrected chi connectivity index (χ3v) is 5.00. The van der Waals surface area contributed by atoms with Crippen LogP contribution in [-0.2, 0) is 14.3 Å². The highest BCUT2D eigenvalue weighted by Gasteiger charge is 2.33. The molecule has 0 aromatic heterocycles. The van der Waals surface area contributed by atoms with Crippen molar-refractivity contribution < 1.29 is 23.8 Å². The zero-order valence-corrected chi connectivity index (χ0v) is 16.6. The number of thiocarbonyl (C=S) groups is 1. The average molecular weight is 396 g/mol. The van der Waals surface area contributed by atoms with Crippen LogP contribution in [0, 0.1) is 0 Å². The Bertz CT molecular complexity index is 732. The summed E-state index contributed by atoms with van der Waals surface area (Å²) in [5.74, 6) is 0.410. The number of ether oxygens (including phenoxy) is 3. The van der Waals surface area contributed by atoms with E-state index in [9.17, 15) is 9.59 Å². The fourth-order valence-corrected chi connectivity index (χ4v) is 3.49. The second-order valence-electron chi connectivity index (χ2n) is 5.46. The lowest BCUT2D eigenvalue weighted by Crippen LogP contribution is -2.34. The van der Waals surface area contributed by atoms with E-state index >= 15 is 0 Å². The lowest BCUT2D eigenvalue weighted by molar-refractivity contribution is -0.146. The molecule has 1 aromatic carbocycles. The fourth-order valence-electron chi connectivity index (χ4n) is 2.24. The van der Waals surface area contributed by atoms with Crippen LogP contribution in [0.25, 0.3) is 6.08 Å². The lowest BCUT2D eigenvalue weighted by Gasteiger charge is -2.13. The topological polar surface area (TPSA) is 65.1 Å². The van der Waals surface area contributed by atoms with E-state index in [1.54, 1.807) is 32.4 Å². The molecule has 6 nitrogen and oxygen atoms in total. The summed E-state index contributed by atoms with van der Waals surface area (Å²) < 4.78 is 15.9. The summed E-state index contributed by atoms with van der Waals surface area (Å²) in [6.07, 6.45) is 3.44. The van der Waals surface area contributed by atoms with Gasteiger partial charge in [0.15, 0.2) is 11.5 Å². The Kier molecular flexibility index (Phi) is 7.47. The maximum atomic E-state index is 12.5. The summed E-state index contributed by atoms with van der Waals surface area (Å²) >= 11 is 6.39. The van der Waals surface area contributed by atoms with Crippen LogP contribution in [0.5, 0.6) is 11.5 Å². The molecular formula is C18H21NO5S2. The molecule has 1 aliphatic rings. The van der Waals surface area contributed by atoms with E-state index in [1.165, 1.54) is 4.90 Å². The van der Waals surface area contributed by atoms with Gasteiger partial charge in [-0.1, -0.05) is 43.4 Å². The highest BCUT2D eigenvalue weighted by Crippen LogP contribution is 2.34. The first kappa shape index (κ1) is 20.3. The zero-order chi connectivity index (χ0) is 19.1. The Hall–Kier alpha value is -2.06. The van der Waals surface area contributed by atoms with Crippen molar-refractivity contribution in [1.29, 1.82) is 0 Å². The number of carbonyl (C=O) groups excluding carboxylic acids is 2. The van der Waals surface area contributed by atoms with Crippen LogP contribution >= 0.6 is 24.0 Å². The summed E-state index contributed by atoms with van der Waals surface area (Å²) in [5.41, 5.74) is 0.772. The highest BCUT2D eigenvalue weighted by molar-refractivity contribution is 8.26. The maximum Gasteiger partial charge on any atom is 0.326 e. The molecule has 0 spiro atoms. The molecule has 140 valence electrons. The molecule has 26 heavy (non-hydrogen) atoms. The Morgan fingerprint density at radius 3 is 2.65 bits per heavy atom. The van der Waals surface area contributed by atoms with Gasteiger partial charge < -0.3 is 14.2 Å². The van der Waals surface area contributed by atoms with Crippen LogP contribution in [-0.4, -0.2) is 48.5 Å². The Balaban J connectivity index is 2.10. The maximum absolute atomic E-state index is 12.5. The van der Waals surface area contributed by atoms with Crippen LogP contribution in [0.15, 0.2) is 23.1 Å². The van der Waals surface area contributed by atoms with Gasteiger partial charge in [-0.05, 0) is 30.2 Å². The monoisotopic (exact) mass is 395 g/mol. The van der Waals surface area contributed by atoms with Crippen molar-refractivity contribution in [3.8, 4) is 11.5 Å². The normalized spacial score (nSPS) is 15.5. The van der Waals surface area contributed by atoms with Crippen molar-refractivity contribution in [2.24, 2.45) is 0 Å². The number of esters is 1. The third kappa shape index (κ3) is 4.98. The van der Waals surface area contributed by atoms with Crippen molar-refractivity contribution in [3.63, 3.8) is 0 Å². The standard InChI is InChI=1S/C18H21NO5S2/c1-4-5-8-24-16(20)11-19-17(21)15(26-18(19)25)10-12-6-7-13(22-2)14(9-12)23-3/h6-7,9-10H,4-5,8,11H2,1-3H3/b15-10-. The number of unbranched alkanes of at least 4 members (excludes halogenated alkanes) is 1. The Labute approximate surface area is 162 Å². The number of thioether (sulfide) groups is 1. The van der Waals surface area contributed by atoms with Gasteiger partial charge in [0.2, 0.25) is 0 Å². The third-order valence-electron chi connectivity index (χ3n) is 3.63. The first-order chi connectivity index (χ1) is 12.5. The van der Waals surface area contributed by atoms with Crippen LogP contribution < -0.4 is 9.47 Å². The van der Waals surface area contributed by atoms with Crippen molar-refractivity contribution >= 4 is 46.3 Å². The summed E-state index contributed by atoms with van der Waals surface area (Å²) in [5, 5.41) is 0. The summed E-state index contributed by atoms with van der Waals surface area (Å²) in [4.78, 5) is 26.1. The number of carbonyl (C=O) groups is 2. The summed E-state index contributed by atoms with van der Waals surface area (Å²) in [7, 11) is 3.10. The number of benzene rings is 1. The zero-order valence-electron chi connectivity index (χ0n) is 14.9.